The van der Waals surface area contributed by atoms with Gasteiger partial charge in [0.25, 0.3) is 0 Å². The molecule has 2 N–H and O–H groups in total. The summed E-state index contributed by atoms with van der Waals surface area (Å²) in [6, 6.07) is 9.88. The van der Waals surface area contributed by atoms with Crippen LogP contribution in [0.25, 0.3) is 10.8 Å². The van der Waals surface area contributed by atoms with Crippen LogP contribution in [0.2, 0.25) is 0 Å². The molecular weight excluding hydrogens is 238 g/mol. The van der Waals surface area contributed by atoms with E-state index in [9.17, 15) is 0 Å². The fourth-order valence-corrected chi connectivity index (χ4v) is 1.91. The lowest BCUT2D eigenvalue weighted by molar-refractivity contribution is 1.15. The van der Waals surface area contributed by atoms with Crippen LogP contribution in [0, 0.1) is 0 Å². The van der Waals surface area contributed by atoms with Crippen molar-refractivity contribution in [1.82, 2.24) is 15.0 Å². The van der Waals surface area contributed by atoms with Gasteiger partial charge in [0, 0.05) is 36.7 Å². The summed E-state index contributed by atoms with van der Waals surface area (Å²) in [5.41, 5.74) is 0.978. The van der Waals surface area contributed by atoms with Crippen LogP contribution in [0.15, 0.2) is 48.9 Å². The van der Waals surface area contributed by atoms with Gasteiger partial charge in [-0.3, -0.25) is 4.98 Å². The Balaban J connectivity index is 2.01. The number of benzene rings is 1. The Morgan fingerprint density at radius 3 is 2.89 bits per heavy atom. The van der Waals surface area contributed by atoms with Crippen LogP contribution in [0.1, 0.15) is 0 Å². The van der Waals surface area contributed by atoms with Crippen molar-refractivity contribution in [3.8, 4) is 0 Å². The van der Waals surface area contributed by atoms with Crippen molar-refractivity contribution < 1.29 is 0 Å². The number of pyridine rings is 1. The maximum absolute atomic E-state index is 4.34. The molecule has 2 aromatic heterocycles. The minimum absolute atomic E-state index is 0.586. The normalized spacial score (nSPS) is 10.4. The Morgan fingerprint density at radius 2 is 2.00 bits per heavy atom. The molecule has 0 atom stereocenters. The summed E-state index contributed by atoms with van der Waals surface area (Å²) in [5.74, 6) is 1.33. The zero-order valence-electron chi connectivity index (χ0n) is 10.5. The summed E-state index contributed by atoms with van der Waals surface area (Å²) in [6.07, 6.45) is 5.35. The Hall–Kier alpha value is -2.69. The number of aromatic nitrogens is 3. The van der Waals surface area contributed by atoms with Crippen molar-refractivity contribution in [2.45, 2.75) is 0 Å². The summed E-state index contributed by atoms with van der Waals surface area (Å²) in [5, 5.41) is 8.41. The van der Waals surface area contributed by atoms with Crippen molar-refractivity contribution in [2.24, 2.45) is 0 Å². The maximum atomic E-state index is 4.34. The van der Waals surface area contributed by atoms with E-state index in [4.69, 9.17) is 0 Å². The van der Waals surface area contributed by atoms with Crippen molar-refractivity contribution >= 4 is 28.2 Å². The number of hydrogen-bond donors (Lipinski definition) is 2. The summed E-state index contributed by atoms with van der Waals surface area (Å²) in [6.45, 7) is 0. The average molecular weight is 251 g/mol. The van der Waals surface area contributed by atoms with Crippen LogP contribution in [0.3, 0.4) is 0 Å². The number of nitrogens with one attached hydrogen (secondary N) is 2. The van der Waals surface area contributed by atoms with E-state index in [1.165, 1.54) is 0 Å². The van der Waals surface area contributed by atoms with Gasteiger partial charge in [0.2, 0.25) is 5.95 Å². The van der Waals surface area contributed by atoms with Gasteiger partial charge >= 0.3 is 0 Å². The lowest BCUT2D eigenvalue weighted by Gasteiger charge is -2.09. The number of nitrogens with zero attached hydrogens (tertiary/aromatic N) is 3. The zero-order chi connectivity index (χ0) is 13.1. The van der Waals surface area contributed by atoms with Gasteiger partial charge < -0.3 is 10.6 Å². The highest BCUT2D eigenvalue weighted by atomic mass is 15.1. The van der Waals surface area contributed by atoms with Crippen molar-refractivity contribution in [2.75, 3.05) is 17.7 Å². The summed E-state index contributed by atoms with van der Waals surface area (Å²) in [4.78, 5) is 12.6. The van der Waals surface area contributed by atoms with Crippen LogP contribution >= 0.6 is 0 Å². The van der Waals surface area contributed by atoms with Crippen LogP contribution in [-0.2, 0) is 0 Å². The molecular formula is C14H13N5. The number of rotatable bonds is 3. The van der Waals surface area contributed by atoms with Gasteiger partial charge in [0.05, 0.1) is 0 Å². The second-order valence-electron chi connectivity index (χ2n) is 4.04. The van der Waals surface area contributed by atoms with E-state index < -0.39 is 0 Å². The lowest BCUT2D eigenvalue weighted by Crippen LogP contribution is -2.00. The Labute approximate surface area is 110 Å². The van der Waals surface area contributed by atoms with E-state index in [2.05, 4.69) is 31.7 Å². The molecule has 19 heavy (non-hydrogen) atoms. The molecule has 3 rings (SSSR count). The van der Waals surface area contributed by atoms with Crippen LogP contribution in [-0.4, -0.2) is 22.0 Å². The molecule has 0 aliphatic heterocycles. The minimum Gasteiger partial charge on any atom is -0.357 e. The highest BCUT2D eigenvalue weighted by Crippen LogP contribution is 2.24. The average Bonchev–Trinajstić information content (AvgIpc) is 2.48. The van der Waals surface area contributed by atoms with Gasteiger partial charge in [0.1, 0.15) is 5.82 Å². The van der Waals surface area contributed by atoms with E-state index >= 15 is 0 Å². The third kappa shape index (κ3) is 2.30. The quantitative estimate of drug-likeness (QED) is 0.749. The van der Waals surface area contributed by atoms with Crippen LogP contribution in [0.5, 0.6) is 0 Å². The molecule has 0 spiro atoms. The highest BCUT2D eigenvalue weighted by molar-refractivity contribution is 5.94. The molecule has 5 nitrogen and oxygen atoms in total. The van der Waals surface area contributed by atoms with Gasteiger partial charge in [0.15, 0.2) is 0 Å². The first-order valence-electron chi connectivity index (χ1n) is 5.97. The third-order valence-corrected chi connectivity index (χ3v) is 2.83. The first-order valence-corrected chi connectivity index (χ1v) is 5.97. The van der Waals surface area contributed by atoms with Crippen molar-refractivity contribution in [1.29, 1.82) is 0 Å². The van der Waals surface area contributed by atoms with E-state index in [-0.39, 0.29) is 0 Å². The molecule has 0 unspecified atom stereocenters. The lowest BCUT2D eigenvalue weighted by atomic mass is 10.1. The molecule has 0 saturated carbocycles. The Kier molecular flexibility index (Phi) is 2.94. The smallest absolute Gasteiger partial charge is 0.224 e. The van der Waals surface area contributed by atoms with Crippen molar-refractivity contribution in [3.63, 3.8) is 0 Å². The number of fused-ring (bicyclic) bond motifs is 1. The topological polar surface area (TPSA) is 62.7 Å². The van der Waals surface area contributed by atoms with Gasteiger partial charge in [-0.15, -0.1) is 0 Å². The van der Waals surface area contributed by atoms with E-state index in [1.807, 2.05) is 30.5 Å². The summed E-state index contributed by atoms with van der Waals surface area (Å²) >= 11 is 0. The van der Waals surface area contributed by atoms with Gasteiger partial charge in [-0.2, -0.15) is 4.98 Å². The van der Waals surface area contributed by atoms with E-state index in [0.717, 1.165) is 22.3 Å². The molecule has 0 saturated heterocycles. The minimum atomic E-state index is 0.586. The molecule has 0 bridgehead atoms. The van der Waals surface area contributed by atoms with Crippen LogP contribution < -0.4 is 10.6 Å². The predicted octanol–water partition coefficient (Wildman–Crippen LogP) is 2.81. The van der Waals surface area contributed by atoms with Gasteiger partial charge in [-0.1, -0.05) is 12.1 Å². The number of hydrogen-bond acceptors (Lipinski definition) is 5. The third-order valence-electron chi connectivity index (χ3n) is 2.83. The largest absolute Gasteiger partial charge is 0.357 e. The molecule has 3 aromatic rings. The molecule has 0 aliphatic carbocycles. The molecule has 0 fully saturated rings. The Morgan fingerprint density at radius 1 is 1.05 bits per heavy atom. The second-order valence-corrected chi connectivity index (χ2v) is 4.04. The van der Waals surface area contributed by atoms with Gasteiger partial charge in [-0.05, 0) is 23.6 Å². The maximum Gasteiger partial charge on any atom is 0.224 e. The Bertz CT molecular complexity index is 706. The van der Waals surface area contributed by atoms with Crippen LogP contribution in [0.4, 0.5) is 17.5 Å². The first-order chi connectivity index (χ1) is 9.36. The van der Waals surface area contributed by atoms with Crippen molar-refractivity contribution in [3.05, 3.63) is 48.9 Å². The molecule has 0 aliphatic rings. The molecule has 94 valence electrons. The molecule has 2 heterocycles. The van der Waals surface area contributed by atoms with E-state index in [0.29, 0.717) is 5.95 Å². The zero-order valence-corrected chi connectivity index (χ0v) is 10.5. The summed E-state index contributed by atoms with van der Waals surface area (Å²) in [7, 11) is 1.79. The first kappa shape index (κ1) is 11.4. The second kappa shape index (κ2) is 4.89. The standard InChI is InChI=1S/C14H13N5/c1-15-14-17-8-6-13(19-14)18-12-4-2-3-10-5-7-16-9-11(10)12/h2-9H,1H3,(H2,15,17,18,19). The molecule has 0 amide bonds. The summed E-state index contributed by atoms with van der Waals surface area (Å²) < 4.78 is 0. The molecule has 0 radical (unpaired) electrons. The SMILES string of the molecule is CNc1nccc(Nc2cccc3ccncc23)n1. The fraction of sp³-hybridized carbons (Fsp3) is 0.0714. The number of anilines is 3. The molecule has 1 aromatic carbocycles. The monoisotopic (exact) mass is 251 g/mol. The van der Waals surface area contributed by atoms with Gasteiger partial charge in [-0.25, -0.2) is 4.98 Å². The fourth-order valence-electron chi connectivity index (χ4n) is 1.91. The molecule has 5 heteroatoms. The highest BCUT2D eigenvalue weighted by Gasteiger charge is 2.02. The predicted molar refractivity (Wildman–Crippen MR) is 76.6 cm³/mol. The van der Waals surface area contributed by atoms with E-state index in [1.54, 1.807) is 19.4 Å².